The second-order valence-corrected chi connectivity index (χ2v) is 35.7. The second kappa shape index (κ2) is 34.0. The number of nitrogens with zero attached hydrogens (tertiary/aromatic N) is 4. The number of anilines is 6. The Labute approximate surface area is 799 Å². The molecule has 0 bridgehead atoms. The van der Waals surface area contributed by atoms with Gasteiger partial charge < -0.3 is 27.8 Å². The van der Waals surface area contributed by atoms with E-state index in [1.807, 2.05) is 6.07 Å². The molecule has 0 atom stereocenters. The van der Waals surface area contributed by atoms with E-state index >= 15 is 0 Å². The van der Waals surface area contributed by atoms with Crippen molar-refractivity contribution in [2.45, 2.75) is 0 Å². The molecule has 0 saturated heterocycles. The Morgan fingerprint density at radius 1 is 0.145 bits per heavy atom. The first-order valence-electron chi connectivity index (χ1n) is 47.2. The Morgan fingerprint density at radius 2 is 0.442 bits per heavy atom. The lowest BCUT2D eigenvalue weighted by molar-refractivity contribution is 0.669. The summed E-state index contributed by atoms with van der Waals surface area (Å²) >= 11 is 0. The normalized spacial score (nSPS) is 11.6. The molecule has 4 heterocycles. The van der Waals surface area contributed by atoms with Crippen molar-refractivity contribution in [3.05, 3.63) is 522 Å². The molecule has 0 aliphatic carbocycles. The molecule has 6 heteroatoms. The van der Waals surface area contributed by atoms with E-state index in [0.717, 1.165) is 190 Å². The average Bonchev–Trinajstić information content (AvgIpc) is 1.61. The predicted octanol–water partition coefficient (Wildman–Crippen LogP) is 37.0. The lowest BCUT2D eigenvalue weighted by Gasteiger charge is -2.28. The minimum Gasteiger partial charge on any atom is -0.455 e. The molecule has 646 valence electrons. The van der Waals surface area contributed by atoms with Crippen molar-refractivity contribution in [2.24, 2.45) is 0 Å². The zero-order chi connectivity index (χ0) is 91.1. The molecule has 0 radical (unpaired) electrons. The van der Waals surface area contributed by atoms with Gasteiger partial charge >= 0.3 is 0 Å². The number of fused-ring (bicyclic) bond motifs is 12. The van der Waals surface area contributed by atoms with Gasteiger partial charge in [-0.2, -0.15) is 0 Å². The highest BCUT2D eigenvalue weighted by Gasteiger charge is 2.26. The summed E-state index contributed by atoms with van der Waals surface area (Å²) in [5.74, 6) is 0. The number of hydrogen-bond donors (Lipinski definition) is 0. The minimum atomic E-state index is 0.826. The maximum absolute atomic E-state index is 7.07. The van der Waals surface area contributed by atoms with E-state index in [-0.39, 0.29) is 0 Å². The zero-order valence-corrected chi connectivity index (χ0v) is 75.3. The fourth-order valence-corrected chi connectivity index (χ4v) is 21.2. The van der Waals surface area contributed by atoms with Crippen LogP contribution in [0.5, 0.6) is 0 Å². The number of benzene rings is 22. The van der Waals surface area contributed by atoms with Crippen molar-refractivity contribution in [2.75, 3.05) is 9.80 Å². The Bertz CT molecular complexity index is 9060. The van der Waals surface area contributed by atoms with Crippen LogP contribution in [-0.2, 0) is 0 Å². The fourth-order valence-electron chi connectivity index (χ4n) is 21.2. The summed E-state index contributed by atoms with van der Waals surface area (Å²) in [6, 6.07) is 190. The first-order valence-corrected chi connectivity index (χ1v) is 47.2. The Kier molecular flexibility index (Phi) is 19.9. The molecule has 0 saturated carbocycles. The van der Waals surface area contributed by atoms with E-state index < -0.39 is 0 Å². The smallest absolute Gasteiger partial charge is 0.143 e. The van der Waals surface area contributed by atoms with Gasteiger partial charge in [0.15, 0.2) is 0 Å². The van der Waals surface area contributed by atoms with Crippen LogP contribution >= 0.6 is 0 Å². The molecule has 22 aromatic carbocycles. The van der Waals surface area contributed by atoms with E-state index in [1.54, 1.807) is 0 Å². The molecule has 138 heavy (non-hydrogen) atoms. The Morgan fingerprint density at radius 3 is 0.949 bits per heavy atom. The van der Waals surface area contributed by atoms with Gasteiger partial charge in [-0.05, 0) is 222 Å². The van der Waals surface area contributed by atoms with E-state index in [1.165, 1.54) is 65.9 Å². The quantitative estimate of drug-likeness (QED) is 0.0809. The third-order valence-electron chi connectivity index (χ3n) is 27.8. The molecule has 0 aliphatic heterocycles. The number of hydrogen-bond acceptors (Lipinski definition) is 4. The van der Waals surface area contributed by atoms with E-state index in [4.69, 9.17) is 8.83 Å². The van der Waals surface area contributed by atoms with Crippen LogP contribution in [0.4, 0.5) is 34.1 Å². The standard InChI is InChI=1S/C132H86N4O2/c1-3-27-87(28-4-1)88-55-61-92(62-56-88)108-35-7-15-47-122(108)134(106-34-24-32-99(84-106)90-59-65-94(66-60-90)110-37-9-17-49-124(110)136-127-52-20-12-40-115(127)116-41-13-21-53-128(116)136)104-79-69-96(70-80-104)112-44-26-46-119-121-86-101(74-82-130(121)138-132(112)119)100-73-81-107(91-29-5-2-6-30-91)120(85-100)97-71-77-103(78-72-97)133(102-75-67-95(68-76-102)111-43-25-45-118-117-42-14-22-54-129(117)137-131(111)118)105-33-23-31-98(83-105)89-57-63-93(64-58-89)109-36-8-16-48-123(109)135-125-50-18-10-38-113(125)114-39-11-19-51-126(114)135/h1-86H. The van der Waals surface area contributed by atoms with Gasteiger partial charge in [0.25, 0.3) is 0 Å². The number of rotatable bonds is 19. The summed E-state index contributed by atoms with van der Waals surface area (Å²) in [7, 11) is 0. The summed E-state index contributed by atoms with van der Waals surface area (Å²) in [5.41, 5.74) is 41.2. The summed E-state index contributed by atoms with van der Waals surface area (Å²) < 4.78 is 18.5. The molecule has 26 aromatic rings. The second-order valence-electron chi connectivity index (χ2n) is 35.7. The van der Waals surface area contributed by atoms with E-state index in [9.17, 15) is 0 Å². The summed E-state index contributed by atoms with van der Waals surface area (Å²) in [5, 5.41) is 9.29. The van der Waals surface area contributed by atoms with Crippen molar-refractivity contribution < 1.29 is 8.83 Å². The molecule has 0 N–H and O–H groups in total. The van der Waals surface area contributed by atoms with Crippen molar-refractivity contribution >= 4 is 122 Å². The maximum Gasteiger partial charge on any atom is 0.143 e. The molecule has 0 spiro atoms. The summed E-state index contributed by atoms with van der Waals surface area (Å²) in [4.78, 5) is 4.80. The van der Waals surface area contributed by atoms with Gasteiger partial charge in [0.05, 0.1) is 39.1 Å². The van der Waals surface area contributed by atoms with Gasteiger partial charge in [0.1, 0.15) is 22.3 Å². The van der Waals surface area contributed by atoms with Crippen molar-refractivity contribution in [1.82, 2.24) is 9.13 Å². The van der Waals surface area contributed by atoms with Crippen molar-refractivity contribution in [3.63, 3.8) is 0 Å². The highest BCUT2D eigenvalue weighted by Crippen LogP contribution is 2.50. The van der Waals surface area contributed by atoms with Crippen LogP contribution in [0.3, 0.4) is 0 Å². The van der Waals surface area contributed by atoms with Crippen LogP contribution in [0, 0.1) is 0 Å². The SMILES string of the molecule is c1ccc(-c2ccc(-c3ccccc3N(c3ccc(-c4cccc5c4oc4ccc(-c6ccc(-c7ccccc7)c(-c7ccc(N(c8ccc(-c9cccc%10c9oc9ccccc9%10)cc8)c8cccc(-c9ccc(-c%10ccccc%10-n%10c%11ccccc%11c%11ccccc%11%10)cc9)c8)cc7)c6)cc45)cc3)c3cccc(-c4ccc(-c5ccccc5-n5c6ccccc6c6ccccc65)cc4)c3)cc2)cc1. The Hall–Kier alpha value is -18.4. The summed E-state index contributed by atoms with van der Waals surface area (Å²) in [6.07, 6.45) is 0. The van der Waals surface area contributed by atoms with Crippen LogP contribution < -0.4 is 9.80 Å². The molecular weight excluding hydrogens is 1670 g/mol. The number of para-hydroxylation sites is 10. The molecule has 0 unspecified atom stereocenters. The van der Waals surface area contributed by atoms with Crippen LogP contribution in [0.15, 0.2) is 531 Å². The van der Waals surface area contributed by atoms with Crippen LogP contribution in [0.1, 0.15) is 0 Å². The van der Waals surface area contributed by atoms with Crippen LogP contribution in [-0.4, -0.2) is 9.13 Å². The molecule has 0 aliphatic rings. The monoisotopic (exact) mass is 1760 g/mol. The third kappa shape index (κ3) is 14.2. The largest absolute Gasteiger partial charge is 0.455 e. The molecule has 26 rings (SSSR count). The average molecular weight is 1760 g/mol. The highest BCUT2D eigenvalue weighted by atomic mass is 16.3. The Balaban J connectivity index is 0.530. The van der Waals surface area contributed by atoms with Gasteiger partial charge in [-0.1, -0.05) is 394 Å². The number of furan rings is 2. The van der Waals surface area contributed by atoms with Crippen LogP contribution in [0.25, 0.3) is 221 Å². The van der Waals surface area contributed by atoms with Crippen molar-refractivity contribution in [3.8, 4) is 134 Å². The predicted molar refractivity (Wildman–Crippen MR) is 579 cm³/mol. The van der Waals surface area contributed by atoms with Gasteiger partial charge in [0, 0.05) is 99.3 Å². The first kappa shape index (κ1) is 80.5. The van der Waals surface area contributed by atoms with E-state index in [2.05, 4.69) is 535 Å². The lowest BCUT2D eigenvalue weighted by Crippen LogP contribution is -2.11. The van der Waals surface area contributed by atoms with Gasteiger partial charge in [-0.25, -0.2) is 0 Å². The fraction of sp³-hybridized carbons (Fsp3) is 0. The van der Waals surface area contributed by atoms with Crippen molar-refractivity contribution in [1.29, 1.82) is 0 Å². The molecule has 4 aromatic heterocycles. The molecule has 0 amide bonds. The molecule has 0 fully saturated rings. The van der Waals surface area contributed by atoms with Gasteiger partial charge in [-0.15, -0.1) is 0 Å². The topological polar surface area (TPSA) is 42.6 Å². The first-order chi connectivity index (χ1) is 68.4. The summed E-state index contributed by atoms with van der Waals surface area (Å²) in [6.45, 7) is 0. The zero-order valence-electron chi connectivity index (χ0n) is 75.3. The lowest BCUT2D eigenvalue weighted by atomic mass is 9.90. The van der Waals surface area contributed by atoms with Gasteiger partial charge in [-0.3, -0.25) is 0 Å². The minimum absolute atomic E-state index is 0.826. The molecule has 6 nitrogen and oxygen atoms in total. The van der Waals surface area contributed by atoms with E-state index in [0.29, 0.717) is 0 Å². The van der Waals surface area contributed by atoms with Crippen LogP contribution in [0.2, 0.25) is 0 Å². The maximum atomic E-state index is 7.07. The third-order valence-corrected chi connectivity index (χ3v) is 27.8. The number of aromatic nitrogens is 2. The van der Waals surface area contributed by atoms with Gasteiger partial charge in [0.2, 0.25) is 0 Å². The molecular formula is C132H86N4O2. The highest BCUT2D eigenvalue weighted by molar-refractivity contribution is 6.14.